The topological polar surface area (TPSA) is 19.4 Å². The largest absolute Gasteiger partial charge is 0.299 e. The molecule has 0 radical (unpaired) electrons. The molecule has 0 aromatic carbocycles. The van der Waals surface area contributed by atoms with Gasteiger partial charge in [0.15, 0.2) is 0 Å². The maximum atomic E-state index is 4.48. The van der Waals surface area contributed by atoms with Crippen molar-refractivity contribution >= 4 is 15.9 Å². The summed E-state index contributed by atoms with van der Waals surface area (Å²) in [7, 11) is 2.30. The second kappa shape index (κ2) is 5.27. The van der Waals surface area contributed by atoms with Crippen molar-refractivity contribution in [1.29, 1.82) is 0 Å². The van der Waals surface area contributed by atoms with E-state index in [0.717, 1.165) is 23.1 Å². The van der Waals surface area contributed by atoms with Gasteiger partial charge < -0.3 is 0 Å². The highest BCUT2D eigenvalue weighted by Crippen LogP contribution is 2.28. The highest BCUT2D eigenvalue weighted by atomic mass is 79.9. The molecule has 2 saturated heterocycles. The Kier molecular flexibility index (Phi) is 3.68. The average molecular weight is 310 g/mol. The lowest BCUT2D eigenvalue weighted by Crippen LogP contribution is -2.36. The van der Waals surface area contributed by atoms with Gasteiger partial charge in [0, 0.05) is 42.4 Å². The second-order valence-corrected chi connectivity index (χ2v) is 6.46. The van der Waals surface area contributed by atoms with Gasteiger partial charge in [0.25, 0.3) is 0 Å². The standard InChI is InChI=1S/C14H20BrN3/c1-17-13-4-5-14(17)10-18(7-6-13)9-12-3-2-11(15)8-16-12/h2-3,8,13-14H,4-7,9-10H2,1H3. The Morgan fingerprint density at radius 1 is 1.28 bits per heavy atom. The summed E-state index contributed by atoms with van der Waals surface area (Å²) in [5, 5.41) is 0. The fourth-order valence-corrected chi connectivity index (χ4v) is 3.49. The Morgan fingerprint density at radius 3 is 2.89 bits per heavy atom. The first-order valence-corrected chi connectivity index (χ1v) is 7.56. The molecule has 0 N–H and O–H groups in total. The van der Waals surface area contributed by atoms with Crippen molar-refractivity contribution in [2.45, 2.75) is 37.9 Å². The predicted molar refractivity (Wildman–Crippen MR) is 76.4 cm³/mol. The third-order valence-electron chi connectivity index (χ3n) is 4.41. The highest BCUT2D eigenvalue weighted by Gasteiger charge is 2.34. The summed E-state index contributed by atoms with van der Waals surface area (Å²) in [6.45, 7) is 3.40. The van der Waals surface area contributed by atoms with Crippen LogP contribution in [0.25, 0.3) is 0 Å². The molecule has 2 unspecified atom stereocenters. The van der Waals surface area contributed by atoms with Crippen molar-refractivity contribution in [3.8, 4) is 0 Å². The molecule has 0 spiro atoms. The van der Waals surface area contributed by atoms with E-state index in [0.29, 0.717) is 0 Å². The number of fused-ring (bicyclic) bond motifs is 2. The molecule has 0 amide bonds. The number of aromatic nitrogens is 1. The quantitative estimate of drug-likeness (QED) is 0.837. The lowest BCUT2D eigenvalue weighted by molar-refractivity contribution is 0.213. The molecule has 2 aliphatic rings. The molecule has 3 heterocycles. The molecule has 3 rings (SSSR count). The molecule has 0 aliphatic carbocycles. The van der Waals surface area contributed by atoms with Gasteiger partial charge in [-0.2, -0.15) is 0 Å². The fraction of sp³-hybridized carbons (Fsp3) is 0.643. The molecular formula is C14H20BrN3. The van der Waals surface area contributed by atoms with Crippen molar-refractivity contribution in [2.75, 3.05) is 20.1 Å². The van der Waals surface area contributed by atoms with E-state index >= 15 is 0 Å². The molecule has 2 atom stereocenters. The number of hydrogen-bond acceptors (Lipinski definition) is 3. The van der Waals surface area contributed by atoms with Gasteiger partial charge in [-0.25, -0.2) is 0 Å². The molecule has 1 aromatic heterocycles. The lowest BCUT2D eigenvalue weighted by Gasteiger charge is -2.25. The minimum atomic E-state index is 0.757. The molecule has 2 fully saturated rings. The number of hydrogen-bond donors (Lipinski definition) is 0. The van der Waals surface area contributed by atoms with Crippen LogP contribution < -0.4 is 0 Å². The first-order valence-electron chi connectivity index (χ1n) is 6.77. The Hall–Kier alpha value is -0.450. The van der Waals surface area contributed by atoms with Gasteiger partial charge in [-0.15, -0.1) is 0 Å². The monoisotopic (exact) mass is 309 g/mol. The zero-order valence-electron chi connectivity index (χ0n) is 10.8. The van der Waals surface area contributed by atoms with E-state index in [1.807, 2.05) is 6.20 Å². The zero-order chi connectivity index (χ0) is 12.5. The number of pyridine rings is 1. The lowest BCUT2D eigenvalue weighted by atomic mass is 10.1. The van der Waals surface area contributed by atoms with E-state index in [-0.39, 0.29) is 0 Å². The van der Waals surface area contributed by atoms with Crippen LogP contribution in [0.5, 0.6) is 0 Å². The van der Waals surface area contributed by atoms with Gasteiger partial charge in [-0.3, -0.25) is 14.8 Å². The zero-order valence-corrected chi connectivity index (χ0v) is 12.4. The summed E-state index contributed by atoms with van der Waals surface area (Å²) in [6, 6.07) is 5.78. The Morgan fingerprint density at radius 2 is 2.11 bits per heavy atom. The molecule has 18 heavy (non-hydrogen) atoms. The summed E-state index contributed by atoms with van der Waals surface area (Å²) in [6.07, 6.45) is 5.96. The van der Waals surface area contributed by atoms with Crippen molar-refractivity contribution in [3.05, 3.63) is 28.5 Å². The first kappa shape index (κ1) is 12.6. The SMILES string of the molecule is CN1C2CCC1CN(Cc1ccc(Br)cn1)CC2. The van der Waals surface area contributed by atoms with Gasteiger partial charge in [-0.05, 0) is 54.4 Å². The van der Waals surface area contributed by atoms with Crippen molar-refractivity contribution in [2.24, 2.45) is 0 Å². The van der Waals surface area contributed by atoms with E-state index in [1.165, 1.54) is 38.0 Å². The normalized spacial score (nSPS) is 29.4. The number of halogens is 1. The van der Waals surface area contributed by atoms with E-state index < -0.39 is 0 Å². The molecule has 2 aliphatic heterocycles. The summed E-state index contributed by atoms with van der Waals surface area (Å²) >= 11 is 3.43. The van der Waals surface area contributed by atoms with Crippen LogP contribution in [-0.4, -0.2) is 47.0 Å². The molecule has 2 bridgehead atoms. The van der Waals surface area contributed by atoms with Crippen molar-refractivity contribution in [1.82, 2.24) is 14.8 Å². The van der Waals surface area contributed by atoms with Gasteiger partial charge in [0.2, 0.25) is 0 Å². The van der Waals surface area contributed by atoms with Crippen LogP contribution in [0.3, 0.4) is 0 Å². The minimum absolute atomic E-state index is 0.757. The summed E-state index contributed by atoms with van der Waals surface area (Å²) < 4.78 is 1.06. The molecular weight excluding hydrogens is 290 g/mol. The van der Waals surface area contributed by atoms with Crippen LogP contribution in [0, 0.1) is 0 Å². The number of likely N-dealkylation sites (tertiary alicyclic amines) is 1. The van der Waals surface area contributed by atoms with Crippen LogP contribution in [0.2, 0.25) is 0 Å². The summed E-state index contributed by atoms with van der Waals surface area (Å²) in [4.78, 5) is 9.64. The van der Waals surface area contributed by atoms with Gasteiger partial charge in [0.05, 0.1) is 5.69 Å². The summed E-state index contributed by atoms with van der Waals surface area (Å²) in [5.74, 6) is 0. The number of nitrogens with zero attached hydrogens (tertiary/aromatic N) is 3. The average Bonchev–Trinajstić information content (AvgIpc) is 2.60. The fourth-order valence-electron chi connectivity index (χ4n) is 3.25. The Labute approximate surface area is 117 Å². The van der Waals surface area contributed by atoms with Crippen molar-refractivity contribution < 1.29 is 0 Å². The van der Waals surface area contributed by atoms with Gasteiger partial charge >= 0.3 is 0 Å². The molecule has 0 saturated carbocycles. The number of rotatable bonds is 2. The minimum Gasteiger partial charge on any atom is -0.299 e. The van der Waals surface area contributed by atoms with Crippen LogP contribution in [0.1, 0.15) is 25.0 Å². The van der Waals surface area contributed by atoms with E-state index in [9.17, 15) is 0 Å². The molecule has 4 heteroatoms. The second-order valence-electron chi connectivity index (χ2n) is 5.54. The maximum absolute atomic E-state index is 4.48. The van der Waals surface area contributed by atoms with Gasteiger partial charge in [0.1, 0.15) is 0 Å². The van der Waals surface area contributed by atoms with Crippen LogP contribution in [0.15, 0.2) is 22.8 Å². The van der Waals surface area contributed by atoms with Gasteiger partial charge in [-0.1, -0.05) is 0 Å². The highest BCUT2D eigenvalue weighted by molar-refractivity contribution is 9.10. The molecule has 1 aromatic rings. The third-order valence-corrected chi connectivity index (χ3v) is 4.88. The van der Waals surface area contributed by atoms with E-state index in [4.69, 9.17) is 0 Å². The Balaban J connectivity index is 1.65. The predicted octanol–water partition coefficient (Wildman–Crippen LogP) is 2.51. The van der Waals surface area contributed by atoms with Crippen molar-refractivity contribution in [3.63, 3.8) is 0 Å². The van der Waals surface area contributed by atoms with Crippen LogP contribution in [-0.2, 0) is 6.54 Å². The third kappa shape index (κ3) is 2.60. The Bertz CT molecular complexity index is 406. The van der Waals surface area contributed by atoms with E-state index in [2.05, 4.69) is 49.9 Å². The molecule has 3 nitrogen and oxygen atoms in total. The summed E-state index contributed by atoms with van der Waals surface area (Å²) in [5.41, 5.74) is 1.18. The maximum Gasteiger partial charge on any atom is 0.0544 e. The molecule has 98 valence electrons. The van der Waals surface area contributed by atoms with Crippen LogP contribution >= 0.6 is 15.9 Å². The van der Waals surface area contributed by atoms with Crippen LogP contribution in [0.4, 0.5) is 0 Å². The first-order chi connectivity index (χ1) is 8.72. The van der Waals surface area contributed by atoms with E-state index in [1.54, 1.807) is 0 Å². The number of likely N-dealkylation sites (N-methyl/N-ethyl adjacent to an activating group) is 1. The smallest absolute Gasteiger partial charge is 0.0544 e.